The molecule has 6 heteroatoms. The quantitative estimate of drug-likeness (QED) is 0.726. The minimum atomic E-state index is 0.399. The van der Waals surface area contributed by atoms with Crippen molar-refractivity contribution >= 4 is 0 Å². The average Bonchev–Trinajstić information content (AvgIpc) is 2.98. The summed E-state index contributed by atoms with van der Waals surface area (Å²) in [5.74, 6) is 2.40. The summed E-state index contributed by atoms with van der Waals surface area (Å²) >= 11 is 0. The number of hydrogen-bond donors (Lipinski definition) is 0. The lowest BCUT2D eigenvalue weighted by Crippen LogP contribution is -1.88. The molecule has 0 unspecified atom stereocenters. The van der Waals surface area contributed by atoms with Gasteiger partial charge in [-0.05, 0) is 31.2 Å². The largest absolute Gasteiger partial charge is 0.497 e. The average molecular weight is 268 g/mol. The van der Waals surface area contributed by atoms with E-state index in [2.05, 4.69) is 20.1 Å². The smallest absolute Gasteiger partial charge is 0.261 e. The van der Waals surface area contributed by atoms with Crippen LogP contribution in [-0.2, 0) is 0 Å². The maximum atomic E-state index is 5.23. The second-order valence-electron chi connectivity index (χ2n) is 4.17. The molecule has 0 atom stereocenters. The van der Waals surface area contributed by atoms with Crippen molar-refractivity contribution in [2.45, 2.75) is 6.92 Å². The van der Waals surface area contributed by atoms with E-state index >= 15 is 0 Å². The third kappa shape index (κ3) is 2.35. The van der Waals surface area contributed by atoms with Crippen LogP contribution >= 0.6 is 0 Å². The molecule has 20 heavy (non-hydrogen) atoms. The molecule has 0 aliphatic rings. The lowest BCUT2D eigenvalue weighted by atomic mass is 10.2. The van der Waals surface area contributed by atoms with Gasteiger partial charge in [0.2, 0.25) is 5.82 Å². The van der Waals surface area contributed by atoms with Crippen molar-refractivity contribution in [2.75, 3.05) is 7.11 Å². The zero-order valence-corrected chi connectivity index (χ0v) is 11.1. The fourth-order valence-corrected chi connectivity index (χ4v) is 1.70. The van der Waals surface area contributed by atoms with Gasteiger partial charge in [-0.25, -0.2) is 9.97 Å². The second-order valence-corrected chi connectivity index (χ2v) is 4.17. The van der Waals surface area contributed by atoms with Crippen LogP contribution in [0, 0.1) is 6.92 Å². The van der Waals surface area contributed by atoms with Gasteiger partial charge in [-0.3, -0.25) is 0 Å². The van der Waals surface area contributed by atoms with E-state index in [-0.39, 0.29) is 0 Å². The van der Waals surface area contributed by atoms with E-state index in [4.69, 9.17) is 9.26 Å². The summed E-state index contributed by atoms with van der Waals surface area (Å²) < 4.78 is 10.3. The number of aryl methyl sites for hydroxylation is 1. The molecule has 0 saturated carbocycles. The van der Waals surface area contributed by atoms with E-state index in [9.17, 15) is 0 Å². The SMILES string of the molecule is COc1ccc(-c2noc(-c3cnc(C)nc3)n2)cc1. The highest BCUT2D eigenvalue weighted by Gasteiger charge is 2.11. The van der Waals surface area contributed by atoms with Crippen LogP contribution in [0.1, 0.15) is 5.82 Å². The molecule has 1 aromatic carbocycles. The van der Waals surface area contributed by atoms with Crippen LogP contribution in [0.5, 0.6) is 5.75 Å². The lowest BCUT2D eigenvalue weighted by Gasteiger charge is -1.98. The maximum absolute atomic E-state index is 5.23. The summed E-state index contributed by atoms with van der Waals surface area (Å²) in [6.07, 6.45) is 3.32. The molecule has 0 fully saturated rings. The van der Waals surface area contributed by atoms with E-state index in [0.29, 0.717) is 23.1 Å². The molecule has 2 heterocycles. The first-order valence-corrected chi connectivity index (χ1v) is 6.03. The maximum Gasteiger partial charge on any atom is 0.261 e. The number of hydrogen-bond acceptors (Lipinski definition) is 6. The molecule has 0 spiro atoms. The monoisotopic (exact) mass is 268 g/mol. The Bertz CT molecular complexity index is 705. The highest BCUT2D eigenvalue weighted by molar-refractivity contribution is 5.59. The Morgan fingerprint density at radius 3 is 2.35 bits per heavy atom. The van der Waals surface area contributed by atoms with Crippen LogP contribution < -0.4 is 4.74 Å². The van der Waals surface area contributed by atoms with Crippen LogP contribution in [0.2, 0.25) is 0 Å². The molecule has 0 aliphatic heterocycles. The van der Waals surface area contributed by atoms with Gasteiger partial charge in [0.05, 0.1) is 12.7 Å². The van der Waals surface area contributed by atoms with Crippen molar-refractivity contribution in [1.82, 2.24) is 20.1 Å². The van der Waals surface area contributed by atoms with Gasteiger partial charge in [0.25, 0.3) is 5.89 Å². The molecule has 100 valence electrons. The minimum absolute atomic E-state index is 0.399. The first-order chi connectivity index (χ1) is 9.76. The van der Waals surface area contributed by atoms with Crippen LogP contribution in [0.3, 0.4) is 0 Å². The van der Waals surface area contributed by atoms with E-state index in [1.807, 2.05) is 31.2 Å². The predicted octanol–water partition coefficient (Wildman–Crippen LogP) is 2.51. The fraction of sp³-hybridized carbons (Fsp3) is 0.143. The van der Waals surface area contributed by atoms with Gasteiger partial charge < -0.3 is 9.26 Å². The number of nitrogens with zero attached hydrogens (tertiary/aromatic N) is 4. The zero-order chi connectivity index (χ0) is 13.9. The molecule has 2 aromatic heterocycles. The van der Waals surface area contributed by atoms with Gasteiger partial charge in [0.15, 0.2) is 0 Å². The molecule has 6 nitrogen and oxygen atoms in total. The van der Waals surface area contributed by atoms with Crippen LogP contribution in [0.15, 0.2) is 41.2 Å². The van der Waals surface area contributed by atoms with Crippen LogP contribution in [-0.4, -0.2) is 27.2 Å². The third-order valence-electron chi connectivity index (χ3n) is 2.80. The van der Waals surface area contributed by atoms with Gasteiger partial charge in [0, 0.05) is 18.0 Å². The van der Waals surface area contributed by atoms with Crippen molar-refractivity contribution in [1.29, 1.82) is 0 Å². The molecule has 3 aromatic rings. The molecule has 0 bridgehead atoms. The summed E-state index contributed by atoms with van der Waals surface area (Å²) in [5.41, 5.74) is 1.55. The van der Waals surface area contributed by atoms with Crippen molar-refractivity contribution < 1.29 is 9.26 Å². The Kier molecular flexibility index (Phi) is 3.12. The Morgan fingerprint density at radius 2 is 1.70 bits per heavy atom. The van der Waals surface area contributed by atoms with Gasteiger partial charge in [0.1, 0.15) is 11.6 Å². The Morgan fingerprint density at radius 1 is 1.00 bits per heavy atom. The summed E-state index contributed by atoms with van der Waals surface area (Å²) in [5, 5.41) is 3.96. The Hall–Kier alpha value is -2.76. The number of rotatable bonds is 3. The molecule has 0 radical (unpaired) electrons. The summed E-state index contributed by atoms with van der Waals surface area (Å²) in [4.78, 5) is 12.5. The number of aromatic nitrogens is 4. The molecule has 3 rings (SSSR count). The minimum Gasteiger partial charge on any atom is -0.497 e. The first kappa shape index (κ1) is 12.3. The van der Waals surface area contributed by atoms with Gasteiger partial charge >= 0.3 is 0 Å². The van der Waals surface area contributed by atoms with Gasteiger partial charge in [-0.1, -0.05) is 5.16 Å². The zero-order valence-electron chi connectivity index (χ0n) is 11.1. The summed E-state index contributed by atoms with van der Waals surface area (Å²) in [6.45, 7) is 1.82. The van der Waals surface area contributed by atoms with Crippen molar-refractivity contribution in [2.24, 2.45) is 0 Å². The third-order valence-corrected chi connectivity index (χ3v) is 2.80. The fourth-order valence-electron chi connectivity index (χ4n) is 1.70. The second kappa shape index (κ2) is 5.08. The van der Waals surface area contributed by atoms with Gasteiger partial charge in [-0.2, -0.15) is 4.98 Å². The van der Waals surface area contributed by atoms with E-state index < -0.39 is 0 Å². The first-order valence-electron chi connectivity index (χ1n) is 6.03. The van der Waals surface area contributed by atoms with Crippen LogP contribution in [0.25, 0.3) is 22.8 Å². The van der Waals surface area contributed by atoms with Crippen molar-refractivity contribution in [3.63, 3.8) is 0 Å². The Balaban J connectivity index is 1.91. The molecule has 0 N–H and O–H groups in total. The highest BCUT2D eigenvalue weighted by Crippen LogP contribution is 2.23. The summed E-state index contributed by atoms with van der Waals surface area (Å²) in [6, 6.07) is 7.44. The predicted molar refractivity (Wildman–Crippen MR) is 72.0 cm³/mol. The van der Waals surface area contributed by atoms with Crippen molar-refractivity contribution in [3.8, 4) is 28.6 Å². The summed E-state index contributed by atoms with van der Waals surface area (Å²) in [7, 11) is 1.62. The topological polar surface area (TPSA) is 73.9 Å². The molecule has 0 aliphatic carbocycles. The number of ether oxygens (including phenoxy) is 1. The van der Waals surface area contributed by atoms with E-state index in [0.717, 1.165) is 11.3 Å². The molecular formula is C14H12N4O2. The molecule has 0 amide bonds. The highest BCUT2D eigenvalue weighted by atomic mass is 16.5. The molecular weight excluding hydrogens is 256 g/mol. The van der Waals surface area contributed by atoms with Gasteiger partial charge in [-0.15, -0.1) is 0 Å². The normalized spacial score (nSPS) is 10.5. The van der Waals surface area contributed by atoms with E-state index in [1.54, 1.807) is 19.5 Å². The molecule has 0 saturated heterocycles. The lowest BCUT2D eigenvalue weighted by molar-refractivity contribution is 0.415. The number of methoxy groups -OCH3 is 1. The standard InChI is InChI=1S/C14H12N4O2/c1-9-15-7-11(8-16-9)14-17-13(18-20-14)10-3-5-12(19-2)6-4-10/h3-8H,1-2H3. The number of benzene rings is 1. The Labute approximate surface area is 115 Å². The van der Waals surface area contributed by atoms with Crippen LogP contribution in [0.4, 0.5) is 0 Å². The van der Waals surface area contributed by atoms with Crippen molar-refractivity contribution in [3.05, 3.63) is 42.5 Å². The van der Waals surface area contributed by atoms with E-state index in [1.165, 1.54) is 0 Å².